The first-order chi connectivity index (χ1) is 9.89. The van der Waals surface area contributed by atoms with Crippen LogP contribution in [-0.4, -0.2) is 28.9 Å². The van der Waals surface area contributed by atoms with E-state index in [9.17, 15) is 4.79 Å². The second-order valence-corrected chi connectivity index (χ2v) is 7.25. The molecule has 0 aromatic heterocycles. The third kappa shape index (κ3) is 4.53. The number of ether oxygens (including phenoxy) is 1. The van der Waals surface area contributed by atoms with Crippen LogP contribution in [0.3, 0.4) is 0 Å². The van der Waals surface area contributed by atoms with Gasteiger partial charge in [0.05, 0.1) is 6.54 Å². The van der Waals surface area contributed by atoms with Crippen LogP contribution in [0.15, 0.2) is 29.2 Å². The minimum Gasteiger partial charge on any atom is -0.444 e. The Morgan fingerprint density at radius 2 is 2.14 bits per heavy atom. The van der Waals surface area contributed by atoms with E-state index in [0.29, 0.717) is 13.1 Å². The summed E-state index contributed by atoms with van der Waals surface area (Å²) in [5, 5.41) is 0. The minimum absolute atomic E-state index is 0.229. The summed E-state index contributed by atoms with van der Waals surface area (Å²) >= 11 is 1.80. The van der Waals surface area contributed by atoms with Gasteiger partial charge in [-0.15, -0.1) is 11.8 Å². The third-order valence-electron chi connectivity index (χ3n) is 3.08. The van der Waals surface area contributed by atoms with E-state index in [2.05, 4.69) is 24.3 Å². The number of carbonyl (C=O) groups excluding carboxylic acids is 1. The first-order valence-electron chi connectivity index (χ1n) is 7.25. The van der Waals surface area contributed by atoms with Crippen LogP contribution in [0.25, 0.3) is 6.08 Å². The van der Waals surface area contributed by atoms with Gasteiger partial charge in [-0.05, 0) is 51.0 Å². The molecule has 0 saturated carbocycles. The molecule has 0 bridgehead atoms. The maximum atomic E-state index is 12.3. The number of nitrogens with zero attached hydrogens (tertiary/aromatic N) is 1. The minimum atomic E-state index is -0.452. The van der Waals surface area contributed by atoms with Crippen molar-refractivity contribution < 1.29 is 9.53 Å². The van der Waals surface area contributed by atoms with Crippen LogP contribution in [0.4, 0.5) is 4.79 Å². The zero-order chi connectivity index (χ0) is 15.5. The number of hydrogen-bond acceptors (Lipinski definition) is 3. The molecule has 1 heterocycles. The molecule has 0 aliphatic carbocycles. The number of benzene rings is 1. The fourth-order valence-electron chi connectivity index (χ4n) is 2.19. The van der Waals surface area contributed by atoms with Gasteiger partial charge >= 0.3 is 6.09 Å². The lowest BCUT2D eigenvalue weighted by Gasteiger charge is -2.26. The SMILES string of the molecule is CC=Cc1ccc2c(c1)CN(C(=O)OC(C)(C)C)CCS2. The second-order valence-electron chi connectivity index (χ2n) is 6.12. The molecule has 0 fully saturated rings. The molecule has 1 aromatic carbocycles. The number of carbonyl (C=O) groups is 1. The van der Waals surface area contributed by atoms with Crippen LogP contribution in [0.2, 0.25) is 0 Å². The Labute approximate surface area is 131 Å². The average molecular weight is 305 g/mol. The van der Waals surface area contributed by atoms with Crippen molar-refractivity contribution >= 4 is 23.9 Å². The van der Waals surface area contributed by atoms with Crippen molar-refractivity contribution in [1.82, 2.24) is 4.90 Å². The Bertz CT molecular complexity index is 546. The Hall–Kier alpha value is -1.42. The average Bonchev–Trinajstić information content (AvgIpc) is 2.59. The summed E-state index contributed by atoms with van der Waals surface area (Å²) in [6, 6.07) is 6.42. The van der Waals surface area contributed by atoms with Crippen molar-refractivity contribution in [3.8, 4) is 0 Å². The van der Waals surface area contributed by atoms with Crippen molar-refractivity contribution in [3.63, 3.8) is 0 Å². The predicted octanol–water partition coefficient (Wildman–Crippen LogP) is 4.56. The number of allylic oxidation sites excluding steroid dienone is 1. The Morgan fingerprint density at radius 1 is 1.38 bits per heavy atom. The molecule has 0 radical (unpaired) electrons. The molecule has 21 heavy (non-hydrogen) atoms. The van der Waals surface area contributed by atoms with Crippen molar-refractivity contribution in [1.29, 1.82) is 0 Å². The lowest BCUT2D eigenvalue weighted by Crippen LogP contribution is -2.37. The molecule has 1 aromatic rings. The van der Waals surface area contributed by atoms with Gasteiger partial charge in [-0.3, -0.25) is 0 Å². The van der Waals surface area contributed by atoms with Crippen LogP contribution in [0, 0.1) is 0 Å². The maximum Gasteiger partial charge on any atom is 0.410 e. The van der Waals surface area contributed by atoms with E-state index in [1.807, 2.05) is 33.8 Å². The molecule has 0 N–H and O–H groups in total. The van der Waals surface area contributed by atoms with Crippen LogP contribution >= 0.6 is 11.8 Å². The summed E-state index contributed by atoms with van der Waals surface area (Å²) in [6.07, 6.45) is 3.87. The highest BCUT2D eigenvalue weighted by molar-refractivity contribution is 7.99. The van der Waals surface area contributed by atoms with Crippen molar-refractivity contribution in [2.75, 3.05) is 12.3 Å². The standard InChI is InChI=1S/C17H23NO2S/c1-5-6-13-7-8-15-14(11-13)12-18(9-10-21-15)16(19)20-17(2,3)4/h5-8,11H,9-10,12H2,1-4H3. The summed E-state index contributed by atoms with van der Waals surface area (Å²) in [6.45, 7) is 9.03. The van der Waals surface area contributed by atoms with Crippen molar-refractivity contribution in [2.24, 2.45) is 0 Å². The Balaban J connectivity index is 2.19. The fraction of sp³-hybridized carbons (Fsp3) is 0.471. The maximum absolute atomic E-state index is 12.3. The topological polar surface area (TPSA) is 29.5 Å². The van der Waals surface area contributed by atoms with E-state index in [-0.39, 0.29) is 6.09 Å². The van der Waals surface area contributed by atoms with E-state index >= 15 is 0 Å². The van der Waals surface area contributed by atoms with Gasteiger partial charge in [0.1, 0.15) is 5.60 Å². The van der Waals surface area contributed by atoms with Crippen LogP contribution in [-0.2, 0) is 11.3 Å². The lowest BCUT2D eigenvalue weighted by atomic mass is 10.1. The Kier molecular flexibility index (Phi) is 4.99. The predicted molar refractivity (Wildman–Crippen MR) is 88.5 cm³/mol. The first-order valence-corrected chi connectivity index (χ1v) is 8.24. The van der Waals surface area contributed by atoms with E-state index < -0.39 is 5.60 Å². The summed E-state index contributed by atoms with van der Waals surface area (Å²) in [7, 11) is 0. The molecule has 0 unspecified atom stereocenters. The third-order valence-corrected chi connectivity index (χ3v) is 4.17. The molecule has 0 spiro atoms. The summed E-state index contributed by atoms with van der Waals surface area (Å²) in [5.41, 5.74) is 1.91. The van der Waals surface area contributed by atoms with Gasteiger partial charge in [0.25, 0.3) is 0 Å². The van der Waals surface area contributed by atoms with Gasteiger partial charge in [-0.1, -0.05) is 18.2 Å². The number of fused-ring (bicyclic) bond motifs is 1. The number of amides is 1. The van der Waals surface area contributed by atoms with Crippen LogP contribution in [0.5, 0.6) is 0 Å². The number of thioether (sulfide) groups is 1. The summed E-state index contributed by atoms with van der Waals surface area (Å²) in [4.78, 5) is 15.3. The molecule has 1 aliphatic heterocycles. The highest BCUT2D eigenvalue weighted by Gasteiger charge is 2.24. The van der Waals surface area contributed by atoms with Gasteiger partial charge in [0, 0.05) is 17.2 Å². The summed E-state index contributed by atoms with van der Waals surface area (Å²) < 4.78 is 5.49. The van der Waals surface area contributed by atoms with Crippen molar-refractivity contribution in [3.05, 3.63) is 35.4 Å². The normalized spacial score (nSPS) is 15.7. The molecule has 114 valence electrons. The second kappa shape index (κ2) is 6.56. The molecule has 0 atom stereocenters. The van der Waals surface area contributed by atoms with Gasteiger partial charge in [0.2, 0.25) is 0 Å². The zero-order valence-electron chi connectivity index (χ0n) is 13.2. The zero-order valence-corrected chi connectivity index (χ0v) is 14.0. The number of hydrogen-bond donors (Lipinski definition) is 0. The molecular formula is C17H23NO2S. The number of rotatable bonds is 1. The largest absolute Gasteiger partial charge is 0.444 e. The van der Waals surface area contributed by atoms with E-state index in [0.717, 1.165) is 5.75 Å². The summed E-state index contributed by atoms with van der Waals surface area (Å²) in [5.74, 6) is 0.898. The monoisotopic (exact) mass is 305 g/mol. The molecular weight excluding hydrogens is 282 g/mol. The van der Waals surface area contributed by atoms with E-state index in [4.69, 9.17) is 4.74 Å². The molecule has 4 heteroatoms. The van der Waals surface area contributed by atoms with Gasteiger partial charge in [-0.25, -0.2) is 4.79 Å². The Morgan fingerprint density at radius 3 is 2.81 bits per heavy atom. The van der Waals surface area contributed by atoms with Gasteiger partial charge < -0.3 is 9.64 Å². The van der Waals surface area contributed by atoms with Crippen molar-refractivity contribution in [2.45, 2.75) is 44.7 Å². The molecule has 1 aliphatic rings. The first kappa shape index (κ1) is 16.0. The quantitative estimate of drug-likeness (QED) is 0.761. The fourth-order valence-corrected chi connectivity index (χ4v) is 3.20. The van der Waals surface area contributed by atoms with Crippen LogP contribution < -0.4 is 0 Å². The smallest absolute Gasteiger partial charge is 0.410 e. The molecule has 1 amide bonds. The highest BCUT2D eigenvalue weighted by atomic mass is 32.2. The molecule has 0 saturated heterocycles. The lowest BCUT2D eigenvalue weighted by molar-refractivity contribution is 0.0247. The van der Waals surface area contributed by atoms with E-state index in [1.165, 1.54) is 16.0 Å². The van der Waals surface area contributed by atoms with Crippen LogP contribution in [0.1, 0.15) is 38.8 Å². The van der Waals surface area contributed by atoms with E-state index in [1.54, 1.807) is 16.7 Å². The van der Waals surface area contributed by atoms with Gasteiger partial charge in [-0.2, -0.15) is 0 Å². The highest BCUT2D eigenvalue weighted by Crippen LogP contribution is 2.29. The molecule has 3 nitrogen and oxygen atoms in total. The van der Waals surface area contributed by atoms with Gasteiger partial charge in [0.15, 0.2) is 0 Å². The molecule has 2 rings (SSSR count).